The van der Waals surface area contributed by atoms with Crippen molar-refractivity contribution in [2.45, 2.75) is 92.1 Å². The van der Waals surface area contributed by atoms with E-state index in [4.69, 9.17) is 33.5 Å². The van der Waals surface area contributed by atoms with Crippen LogP contribution in [0.3, 0.4) is 0 Å². The Hall–Kier alpha value is -0.490. The Balaban J connectivity index is 1.83. The first-order chi connectivity index (χ1) is 17.7. The summed E-state index contributed by atoms with van der Waals surface area (Å²) in [6.07, 6.45) is -27.6. The third-order valence-electron chi connectivity index (χ3n) is 6.32. The van der Waals surface area contributed by atoms with Gasteiger partial charge < -0.3 is 84.5 Å². The fraction of sp³-hybridized carbons (Fsp3) is 1.00. The largest absolute Gasteiger partial charge is 0.469 e. The lowest BCUT2D eigenvalue weighted by molar-refractivity contribution is -0.387. The molecule has 3 aliphatic rings. The van der Waals surface area contributed by atoms with Crippen molar-refractivity contribution in [2.24, 2.45) is 0 Å². The highest BCUT2D eigenvalue weighted by Gasteiger charge is 2.54. The average Bonchev–Trinajstić information content (AvgIpc) is 2.86. The van der Waals surface area contributed by atoms with Gasteiger partial charge in [-0.3, -0.25) is 4.52 Å². The van der Waals surface area contributed by atoms with Crippen molar-refractivity contribution >= 4 is 7.82 Å². The van der Waals surface area contributed by atoms with Crippen LogP contribution in [-0.2, 0) is 32.8 Å². The summed E-state index contributed by atoms with van der Waals surface area (Å²) in [6.45, 7) is -2.65. The summed E-state index contributed by atoms with van der Waals surface area (Å²) < 4.78 is 41.7. The molecule has 0 saturated carbocycles. The van der Waals surface area contributed by atoms with Crippen LogP contribution in [0.5, 0.6) is 0 Å². The smallest absolute Gasteiger partial charge is 0.394 e. The molecule has 0 radical (unpaired) electrons. The van der Waals surface area contributed by atoms with Gasteiger partial charge in [-0.25, -0.2) is 4.57 Å². The maximum absolute atomic E-state index is 11.0. The minimum absolute atomic E-state index is 0.808. The van der Waals surface area contributed by atoms with E-state index in [0.29, 0.717) is 0 Å². The van der Waals surface area contributed by atoms with Crippen LogP contribution in [0.4, 0.5) is 0 Å². The molecule has 0 aromatic carbocycles. The number of hydrogen-bond acceptors (Lipinski definition) is 17. The first kappa shape index (κ1) is 32.0. The minimum Gasteiger partial charge on any atom is -0.394 e. The Labute approximate surface area is 214 Å². The zero-order chi connectivity index (χ0) is 28.5. The van der Waals surface area contributed by atoms with E-state index in [2.05, 4.69) is 4.52 Å². The SMILES string of the molecule is O=P(O)(O)OC[C@H]1O[C@H](O[C@@H]2[C@@H](O[C@H]3[C@H](O)[C@@H](CO)OC(O)[C@H]3O)O[C@H](CO)[C@@H](O)[C@@H]2O)[C@@H](O)[C@@H](O)[C@@H]1O. The molecule has 0 amide bonds. The lowest BCUT2D eigenvalue weighted by atomic mass is 9.96. The molecule has 1 unspecified atom stereocenters. The van der Waals surface area contributed by atoms with Gasteiger partial charge in [-0.2, -0.15) is 0 Å². The lowest BCUT2D eigenvalue weighted by Gasteiger charge is -2.48. The van der Waals surface area contributed by atoms with E-state index in [9.17, 15) is 55.6 Å². The summed E-state index contributed by atoms with van der Waals surface area (Å²) in [7, 11) is -5.04. The molecule has 15 atom stereocenters. The van der Waals surface area contributed by atoms with Gasteiger partial charge in [-0.1, -0.05) is 0 Å². The predicted octanol–water partition coefficient (Wildman–Crippen LogP) is -7.46. The van der Waals surface area contributed by atoms with Gasteiger partial charge in [0.25, 0.3) is 0 Å². The highest BCUT2D eigenvalue weighted by Crippen LogP contribution is 2.38. The van der Waals surface area contributed by atoms with E-state index >= 15 is 0 Å². The molecule has 19 nitrogen and oxygen atoms in total. The number of hydrogen-bond donors (Lipinski definition) is 12. The molecule has 0 spiro atoms. The number of phosphoric acid groups is 1. The van der Waals surface area contributed by atoms with Crippen LogP contribution in [0.25, 0.3) is 0 Å². The minimum atomic E-state index is -5.04. The number of ether oxygens (including phenoxy) is 5. The zero-order valence-corrected chi connectivity index (χ0v) is 20.3. The Bertz CT molecular complexity index is 800. The van der Waals surface area contributed by atoms with Crippen molar-refractivity contribution < 1.29 is 93.6 Å². The molecule has 20 heteroatoms. The van der Waals surface area contributed by atoms with Gasteiger partial charge in [0.1, 0.15) is 73.2 Å². The molecular formula is C18H33O19P. The van der Waals surface area contributed by atoms with Gasteiger partial charge in [0.15, 0.2) is 18.9 Å². The fourth-order valence-corrected chi connectivity index (χ4v) is 4.53. The molecule has 224 valence electrons. The molecule has 38 heavy (non-hydrogen) atoms. The number of phosphoric ester groups is 1. The van der Waals surface area contributed by atoms with E-state index in [1.807, 2.05) is 0 Å². The number of rotatable bonds is 9. The number of aliphatic hydroxyl groups excluding tert-OH is 10. The first-order valence-corrected chi connectivity index (χ1v) is 12.9. The molecule has 3 rings (SSSR count). The van der Waals surface area contributed by atoms with Crippen LogP contribution in [0.1, 0.15) is 0 Å². The van der Waals surface area contributed by atoms with E-state index < -0.39 is 120 Å². The summed E-state index contributed by atoms with van der Waals surface area (Å²) in [5.74, 6) is 0. The van der Waals surface area contributed by atoms with Crippen molar-refractivity contribution in [1.82, 2.24) is 0 Å². The lowest BCUT2D eigenvalue weighted by Crippen LogP contribution is -2.67. The Kier molecular flexibility index (Phi) is 11.0. The van der Waals surface area contributed by atoms with E-state index in [-0.39, 0.29) is 0 Å². The molecule has 0 aromatic rings. The summed E-state index contributed by atoms with van der Waals surface area (Å²) >= 11 is 0. The maximum Gasteiger partial charge on any atom is 0.469 e. The second-order valence-corrected chi connectivity index (χ2v) is 10.2. The van der Waals surface area contributed by atoms with E-state index in [1.165, 1.54) is 0 Å². The van der Waals surface area contributed by atoms with E-state index in [1.54, 1.807) is 0 Å². The first-order valence-electron chi connectivity index (χ1n) is 11.3. The van der Waals surface area contributed by atoms with Crippen molar-refractivity contribution in [3.63, 3.8) is 0 Å². The standard InChI is InChI=1S/C18H33O19P/c19-1-4-7(21)11(25)15(18(34-4)36-14-9(23)5(2-20)33-16(28)13(14)27)37-17-12(26)10(24)8(22)6(35-17)3-32-38(29,30)31/h4-28H,1-3H2,(H2,29,30,31)/t4-,5-,6-,7-,8-,9-,10+,11+,12+,13+,14+,15+,16?,17-,18-/m1/s1. The van der Waals surface area contributed by atoms with Gasteiger partial charge in [0.05, 0.1) is 19.8 Å². The van der Waals surface area contributed by atoms with Crippen molar-refractivity contribution in [2.75, 3.05) is 19.8 Å². The van der Waals surface area contributed by atoms with Crippen LogP contribution in [0.2, 0.25) is 0 Å². The Morgan fingerprint density at radius 2 is 1.11 bits per heavy atom. The second-order valence-electron chi connectivity index (χ2n) is 8.94. The topological polar surface area (TPSA) is 315 Å². The monoisotopic (exact) mass is 584 g/mol. The van der Waals surface area contributed by atoms with Crippen LogP contribution in [-0.4, -0.2) is 173 Å². The second kappa shape index (κ2) is 13.0. The van der Waals surface area contributed by atoms with Crippen molar-refractivity contribution in [3.8, 4) is 0 Å². The molecule has 0 bridgehead atoms. The van der Waals surface area contributed by atoms with Crippen molar-refractivity contribution in [1.29, 1.82) is 0 Å². The molecule has 3 heterocycles. The van der Waals surface area contributed by atoms with Gasteiger partial charge >= 0.3 is 7.82 Å². The van der Waals surface area contributed by atoms with Crippen LogP contribution in [0.15, 0.2) is 0 Å². The summed E-state index contributed by atoms with van der Waals surface area (Å²) in [5.41, 5.74) is 0. The molecule has 12 N–H and O–H groups in total. The normalized spacial score (nSPS) is 48.7. The summed E-state index contributed by atoms with van der Waals surface area (Å²) in [6, 6.07) is 0. The fourth-order valence-electron chi connectivity index (χ4n) is 4.19. The van der Waals surface area contributed by atoms with Gasteiger partial charge in [0, 0.05) is 0 Å². The van der Waals surface area contributed by atoms with Gasteiger partial charge in [0.2, 0.25) is 0 Å². The van der Waals surface area contributed by atoms with Crippen molar-refractivity contribution in [3.05, 3.63) is 0 Å². The summed E-state index contributed by atoms with van der Waals surface area (Å²) in [5, 5.41) is 101. The van der Waals surface area contributed by atoms with Gasteiger partial charge in [-0.05, 0) is 0 Å². The van der Waals surface area contributed by atoms with Crippen LogP contribution >= 0.6 is 7.82 Å². The zero-order valence-electron chi connectivity index (χ0n) is 19.5. The third kappa shape index (κ3) is 7.04. The highest BCUT2D eigenvalue weighted by atomic mass is 31.2. The molecule has 3 fully saturated rings. The number of aliphatic hydroxyl groups is 10. The van der Waals surface area contributed by atoms with Gasteiger partial charge in [-0.15, -0.1) is 0 Å². The molecule has 3 saturated heterocycles. The maximum atomic E-state index is 11.0. The molecule has 0 aromatic heterocycles. The Morgan fingerprint density at radius 1 is 0.579 bits per heavy atom. The van der Waals surface area contributed by atoms with Crippen LogP contribution < -0.4 is 0 Å². The van der Waals surface area contributed by atoms with Crippen LogP contribution in [0, 0.1) is 0 Å². The summed E-state index contributed by atoms with van der Waals surface area (Å²) in [4.78, 5) is 17.8. The average molecular weight is 584 g/mol. The molecule has 3 aliphatic heterocycles. The quantitative estimate of drug-likeness (QED) is 0.112. The molecule has 0 aliphatic carbocycles. The highest BCUT2D eigenvalue weighted by molar-refractivity contribution is 7.46. The Morgan fingerprint density at radius 3 is 1.68 bits per heavy atom. The molecular weight excluding hydrogens is 551 g/mol. The van der Waals surface area contributed by atoms with E-state index in [0.717, 1.165) is 0 Å². The predicted molar refractivity (Wildman–Crippen MR) is 112 cm³/mol. The third-order valence-corrected chi connectivity index (χ3v) is 6.81.